The molecular formula is C14H23N3. The van der Waals surface area contributed by atoms with E-state index in [1.807, 2.05) is 13.8 Å². The number of hydrogen-bond donors (Lipinski definition) is 0. The summed E-state index contributed by atoms with van der Waals surface area (Å²) < 4.78 is 0. The molecule has 1 aliphatic heterocycles. The lowest BCUT2D eigenvalue weighted by Crippen LogP contribution is -2.41. The average Bonchev–Trinajstić information content (AvgIpc) is 2.40. The highest BCUT2D eigenvalue weighted by Gasteiger charge is 2.37. The molecule has 0 radical (unpaired) electrons. The van der Waals surface area contributed by atoms with Crippen LogP contribution in [0, 0.1) is 16.7 Å². The normalized spacial score (nSPS) is 19.5. The lowest BCUT2D eigenvalue weighted by Gasteiger charge is -2.35. The van der Waals surface area contributed by atoms with Crippen molar-refractivity contribution in [2.45, 2.75) is 26.7 Å². The molecule has 1 heterocycles. The number of rotatable bonds is 3. The summed E-state index contributed by atoms with van der Waals surface area (Å²) in [6, 6.07) is 2.40. The molecule has 0 spiro atoms. The summed E-state index contributed by atoms with van der Waals surface area (Å²) in [6.45, 7) is 13.1. The van der Waals surface area contributed by atoms with E-state index >= 15 is 0 Å². The number of aliphatic imine (C=N–C) groups is 1. The summed E-state index contributed by atoms with van der Waals surface area (Å²) in [5.74, 6) is 0. The molecule has 3 nitrogen and oxygen atoms in total. The highest BCUT2D eigenvalue weighted by Crippen LogP contribution is 2.32. The fourth-order valence-electron chi connectivity index (χ4n) is 1.90. The zero-order valence-electron chi connectivity index (χ0n) is 11.2. The Hall–Kier alpha value is -1.40. The molecule has 17 heavy (non-hydrogen) atoms. The molecule has 1 fully saturated rings. The minimum absolute atomic E-state index is 0.456. The molecule has 3 heteroatoms. The maximum atomic E-state index is 9.32. The Morgan fingerprint density at radius 2 is 1.88 bits per heavy atom. The van der Waals surface area contributed by atoms with Gasteiger partial charge >= 0.3 is 0 Å². The quantitative estimate of drug-likeness (QED) is 0.703. The van der Waals surface area contributed by atoms with E-state index in [4.69, 9.17) is 0 Å². The minimum Gasteiger partial charge on any atom is -0.306 e. The summed E-state index contributed by atoms with van der Waals surface area (Å²) in [5, 5.41) is 9.32. The summed E-state index contributed by atoms with van der Waals surface area (Å²) in [4.78, 5) is 6.38. The topological polar surface area (TPSA) is 39.4 Å². The Morgan fingerprint density at radius 1 is 1.35 bits per heavy atom. The Kier molecular flexibility index (Phi) is 7.16. The van der Waals surface area contributed by atoms with Crippen molar-refractivity contribution >= 4 is 5.71 Å². The van der Waals surface area contributed by atoms with E-state index in [0.29, 0.717) is 0 Å². The minimum atomic E-state index is -0.456. The molecule has 94 valence electrons. The third-order valence-corrected chi connectivity index (χ3v) is 2.97. The molecule has 0 aromatic carbocycles. The van der Waals surface area contributed by atoms with E-state index in [-0.39, 0.29) is 0 Å². The maximum absolute atomic E-state index is 9.32. The molecule has 1 rings (SSSR count). The SMILES string of the molecule is C=CN=C(C=C)C1(C#N)CCN(C)CC1.CC. The standard InChI is InChI=1S/C12H17N3.C2H6/c1-4-11(14-5-2)12(10-13)6-8-15(3)9-7-12;1-2/h4-5H,1-2,6-9H2,3H3;1-2H3. The van der Waals surface area contributed by atoms with Crippen LogP contribution < -0.4 is 0 Å². The van der Waals surface area contributed by atoms with Crippen LogP contribution in [-0.4, -0.2) is 30.7 Å². The van der Waals surface area contributed by atoms with E-state index in [1.165, 1.54) is 6.20 Å². The molecule has 0 unspecified atom stereocenters. The van der Waals surface area contributed by atoms with Gasteiger partial charge in [-0.3, -0.25) is 4.99 Å². The predicted octanol–water partition coefficient (Wildman–Crippen LogP) is 3.02. The average molecular weight is 233 g/mol. The zero-order chi connectivity index (χ0) is 13.3. The Bertz CT molecular complexity index is 315. The molecule has 0 N–H and O–H groups in total. The van der Waals surface area contributed by atoms with E-state index in [2.05, 4.69) is 36.2 Å². The van der Waals surface area contributed by atoms with Crippen LogP contribution in [0.2, 0.25) is 0 Å². The van der Waals surface area contributed by atoms with Gasteiger partial charge in [0, 0.05) is 6.20 Å². The maximum Gasteiger partial charge on any atom is 0.102 e. The number of nitriles is 1. The molecule has 0 amide bonds. The number of piperidine rings is 1. The van der Waals surface area contributed by atoms with Crippen LogP contribution >= 0.6 is 0 Å². The van der Waals surface area contributed by atoms with Crippen LogP contribution in [-0.2, 0) is 0 Å². The zero-order valence-corrected chi connectivity index (χ0v) is 11.2. The Morgan fingerprint density at radius 3 is 2.24 bits per heavy atom. The molecule has 1 saturated heterocycles. The van der Waals surface area contributed by atoms with Crippen LogP contribution in [0.4, 0.5) is 0 Å². The first-order chi connectivity index (χ1) is 8.18. The van der Waals surface area contributed by atoms with Crippen molar-refractivity contribution in [3.05, 3.63) is 25.4 Å². The van der Waals surface area contributed by atoms with Gasteiger partial charge in [0.15, 0.2) is 0 Å². The van der Waals surface area contributed by atoms with Gasteiger partial charge in [-0.05, 0) is 39.1 Å². The fourth-order valence-corrected chi connectivity index (χ4v) is 1.90. The monoisotopic (exact) mass is 233 g/mol. The van der Waals surface area contributed by atoms with Gasteiger partial charge in [0.25, 0.3) is 0 Å². The largest absolute Gasteiger partial charge is 0.306 e. The van der Waals surface area contributed by atoms with Crippen molar-refractivity contribution in [3.8, 4) is 6.07 Å². The summed E-state index contributed by atoms with van der Waals surface area (Å²) >= 11 is 0. The van der Waals surface area contributed by atoms with Crippen LogP contribution in [0.5, 0.6) is 0 Å². The number of hydrogen-bond acceptors (Lipinski definition) is 3. The van der Waals surface area contributed by atoms with Crippen molar-refractivity contribution in [1.82, 2.24) is 4.90 Å². The molecule has 0 aromatic heterocycles. The van der Waals surface area contributed by atoms with Gasteiger partial charge in [-0.1, -0.05) is 27.0 Å². The van der Waals surface area contributed by atoms with E-state index in [1.54, 1.807) is 6.08 Å². The van der Waals surface area contributed by atoms with Gasteiger partial charge < -0.3 is 4.90 Å². The second kappa shape index (κ2) is 7.81. The van der Waals surface area contributed by atoms with Crippen molar-refractivity contribution in [1.29, 1.82) is 5.26 Å². The van der Waals surface area contributed by atoms with Gasteiger partial charge in [0.05, 0.1) is 11.8 Å². The first kappa shape index (κ1) is 15.6. The molecule has 0 saturated carbocycles. The molecule has 0 aliphatic carbocycles. The van der Waals surface area contributed by atoms with Crippen molar-refractivity contribution in [3.63, 3.8) is 0 Å². The lowest BCUT2D eigenvalue weighted by molar-refractivity contribution is 0.218. The Labute approximate surface area is 105 Å². The van der Waals surface area contributed by atoms with E-state index < -0.39 is 5.41 Å². The molecule has 0 aromatic rings. The molecule has 1 aliphatic rings. The molecule has 0 atom stereocenters. The number of allylic oxidation sites excluding steroid dienone is 1. The van der Waals surface area contributed by atoms with Crippen LogP contribution in [0.15, 0.2) is 30.4 Å². The first-order valence-corrected chi connectivity index (χ1v) is 6.10. The lowest BCUT2D eigenvalue weighted by atomic mass is 9.75. The van der Waals surface area contributed by atoms with E-state index in [0.717, 1.165) is 31.6 Å². The van der Waals surface area contributed by atoms with Crippen LogP contribution in [0.25, 0.3) is 0 Å². The summed E-state index contributed by atoms with van der Waals surface area (Å²) in [6.07, 6.45) is 4.79. The Balaban J connectivity index is 0.00000121. The van der Waals surface area contributed by atoms with Crippen molar-refractivity contribution in [2.75, 3.05) is 20.1 Å². The second-order valence-electron chi connectivity index (χ2n) is 3.90. The third kappa shape index (κ3) is 3.83. The number of likely N-dealkylation sites (tertiary alicyclic amines) is 1. The highest BCUT2D eigenvalue weighted by atomic mass is 15.1. The third-order valence-electron chi connectivity index (χ3n) is 2.97. The van der Waals surface area contributed by atoms with Gasteiger partial charge in [0.1, 0.15) is 5.41 Å². The van der Waals surface area contributed by atoms with E-state index in [9.17, 15) is 5.26 Å². The summed E-state index contributed by atoms with van der Waals surface area (Å²) in [5.41, 5.74) is 0.302. The van der Waals surface area contributed by atoms with Gasteiger partial charge in [-0.15, -0.1) is 0 Å². The number of nitrogens with zero attached hydrogens (tertiary/aromatic N) is 3. The highest BCUT2D eigenvalue weighted by molar-refractivity contribution is 6.01. The van der Waals surface area contributed by atoms with Crippen LogP contribution in [0.1, 0.15) is 26.7 Å². The molecule has 0 bridgehead atoms. The van der Waals surface area contributed by atoms with Crippen LogP contribution in [0.3, 0.4) is 0 Å². The van der Waals surface area contributed by atoms with Gasteiger partial charge in [-0.2, -0.15) is 5.26 Å². The van der Waals surface area contributed by atoms with Crippen molar-refractivity contribution < 1.29 is 0 Å². The smallest absolute Gasteiger partial charge is 0.102 e. The first-order valence-electron chi connectivity index (χ1n) is 6.10. The van der Waals surface area contributed by atoms with Gasteiger partial charge in [-0.25, -0.2) is 0 Å². The van der Waals surface area contributed by atoms with Crippen molar-refractivity contribution in [2.24, 2.45) is 10.4 Å². The molecular weight excluding hydrogens is 210 g/mol. The summed E-state index contributed by atoms with van der Waals surface area (Å²) in [7, 11) is 2.07. The fraction of sp³-hybridized carbons (Fsp3) is 0.571. The second-order valence-corrected chi connectivity index (χ2v) is 3.90. The predicted molar refractivity (Wildman–Crippen MR) is 74.0 cm³/mol. The van der Waals surface area contributed by atoms with Gasteiger partial charge in [0.2, 0.25) is 0 Å².